The summed E-state index contributed by atoms with van der Waals surface area (Å²) in [5, 5.41) is 3.31. The molecule has 0 bridgehead atoms. The molecular formula is C20H26N4O2. The van der Waals surface area contributed by atoms with Gasteiger partial charge in [-0.05, 0) is 31.7 Å². The topological polar surface area (TPSA) is 57.7 Å². The molecule has 6 nitrogen and oxygen atoms in total. The second-order valence-electron chi connectivity index (χ2n) is 6.24. The van der Waals surface area contributed by atoms with Crippen LogP contribution in [0.5, 0.6) is 5.75 Å². The summed E-state index contributed by atoms with van der Waals surface area (Å²) in [5.41, 5.74) is 2.24. The maximum absolute atomic E-state index is 12.8. The van der Waals surface area contributed by atoms with Crippen LogP contribution in [0.2, 0.25) is 0 Å². The van der Waals surface area contributed by atoms with E-state index in [1.807, 2.05) is 42.2 Å². The third-order valence-electron chi connectivity index (χ3n) is 4.56. The van der Waals surface area contributed by atoms with Crippen LogP contribution in [0.1, 0.15) is 24.2 Å². The normalized spacial score (nSPS) is 14.9. The van der Waals surface area contributed by atoms with E-state index < -0.39 is 0 Å². The van der Waals surface area contributed by atoms with Crippen molar-refractivity contribution in [2.24, 2.45) is 0 Å². The first-order chi connectivity index (χ1) is 12.7. The van der Waals surface area contributed by atoms with Crippen molar-refractivity contribution in [2.45, 2.75) is 13.8 Å². The maximum atomic E-state index is 12.8. The van der Waals surface area contributed by atoms with Crippen molar-refractivity contribution in [2.75, 3.05) is 44.6 Å². The lowest BCUT2D eigenvalue weighted by molar-refractivity contribution is 0.0643. The number of para-hydroxylation sites is 2. The van der Waals surface area contributed by atoms with Gasteiger partial charge in [0.2, 0.25) is 0 Å². The minimum absolute atomic E-state index is 0.0370. The highest BCUT2D eigenvalue weighted by molar-refractivity contribution is 5.95. The SMILES string of the molecule is CCOc1ccccc1Nc1cncc(C(=O)N2CCN(CC)CC2)c1. The number of pyridine rings is 1. The summed E-state index contributed by atoms with van der Waals surface area (Å²) in [6.45, 7) is 9.10. The number of carbonyl (C=O) groups excluding carboxylic acids is 1. The highest BCUT2D eigenvalue weighted by atomic mass is 16.5. The zero-order valence-corrected chi connectivity index (χ0v) is 15.4. The van der Waals surface area contributed by atoms with Crippen molar-refractivity contribution < 1.29 is 9.53 Å². The van der Waals surface area contributed by atoms with Gasteiger partial charge in [-0.2, -0.15) is 0 Å². The van der Waals surface area contributed by atoms with E-state index >= 15 is 0 Å². The minimum atomic E-state index is 0.0370. The Balaban J connectivity index is 1.71. The van der Waals surface area contributed by atoms with Gasteiger partial charge >= 0.3 is 0 Å². The average molecular weight is 354 g/mol. The van der Waals surface area contributed by atoms with Crippen LogP contribution in [0, 0.1) is 0 Å². The van der Waals surface area contributed by atoms with Gasteiger partial charge in [-0.1, -0.05) is 19.1 Å². The second kappa shape index (κ2) is 8.67. The molecule has 1 aromatic heterocycles. The fraction of sp³-hybridized carbons (Fsp3) is 0.400. The number of amides is 1. The molecule has 1 aliphatic rings. The Morgan fingerprint density at radius 2 is 1.92 bits per heavy atom. The predicted octanol–water partition coefficient (Wildman–Crippen LogP) is 3.00. The summed E-state index contributed by atoms with van der Waals surface area (Å²) < 4.78 is 5.64. The molecule has 2 aromatic rings. The van der Waals surface area contributed by atoms with E-state index in [2.05, 4.69) is 22.1 Å². The smallest absolute Gasteiger partial charge is 0.255 e. The Morgan fingerprint density at radius 3 is 2.65 bits per heavy atom. The van der Waals surface area contributed by atoms with Crippen LogP contribution in [0.3, 0.4) is 0 Å². The summed E-state index contributed by atoms with van der Waals surface area (Å²) in [6, 6.07) is 9.60. The fourth-order valence-corrected chi connectivity index (χ4v) is 3.08. The summed E-state index contributed by atoms with van der Waals surface area (Å²) in [4.78, 5) is 21.3. The van der Waals surface area contributed by atoms with E-state index in [1.54, 1.807) is 12.4 Å². The molecule has 0 atom stereocenters. The fourth-order valence-electron chi connectivity index (χ4n) is 3.08. The summed E-state index contributed by atoms with van der Waals surface area (Å²) in [6.07, 6.45) is 3.35. The molecule has 0 spiro atoms. The number of piperazine rings is 1. The van der Waals surface area contributed by atoms with Crippen molar-refractivity contribution >= 4 is 17.3 Å². The van der Waals surface area contributed by atoms with Gasteiger partial charge < -0.3 is 19.9 Å². The number of rotatable bonds is 6. The summed E-state index contributed by atoms with van der Waals surface area (Å²) >= 11 is 0. The lowest BCUT2D eigenvalue weighted by atomic mass is 10.2. The largest absolute Gasteiger partial charge is 0.492 e. The Bertz CT molecular complexity index is 742. The number of likely N-dealkylation sites (N-methyl/N-ethyl adjacent to an activating group) is 1. The zero-order chi connectivity index (χ0) is 18.4. The number of hydrogen-bond acceptors (Lipinski definition) is 5. The van der Waals surface area contributed by atoms with Crippen LogP contribution < -0.4 is 10.1 Å². The third kappa shape index (κ3) is 4.32. The van der Waals surface area contributed by atoms with Crippen molar-refractivity contribution in [3.63, 3.8) is 0 Å². The Morgan fingerprint density at radius 1 is 1.15 bits per heavy atom. The number of benzene rings is 1. The van der Waals surface area contributed by atoms with Crippen LogP contribution in [0.25, 0.3) is 0 Å². The standard InChI is InChI=1S/C20H26N4O2/c1-3-23-9-11-24(12-10-23)20(25)16-13-17(15-21-14-16)22-18-7-5-6-8-19(18)26-4-2/h5-8,13-15,22H,3-4,9-12H2,1-2H3. The first-order valence-electron chi connectivity index (χ1n) is 9.16. The van der Waals surface area contributed by atoms with E-state index in [4.69, 9.17) is 4.74 Å². The number of hydrogen-bond donors (Lipinski definition) is 1. The highest BCUT2D eigenvalue weighted by Crippen LogP contribution is 2.27. The molecule has 26 heavy (non-hydrogen) atoms. The molecule has 0 aliphatic carbocycles. The Hall–Kier alpha value is -2.60. The van der Waals surface area contributed by atoms with E-state index in [1.165, 1.54) is 0 Å². The van der Waals surface area contributed by atoms with Crippen molar-refractivity contribution in [1.29, 1.82) is 0 Å². The molecule has 2 heterocycles. The Kier molecular flexibility index (Phi) is 6.07. The first-order valence-corrected chi connectivity index (χ1v) is 9.16. The molecule has 1 saturated heterocycles. The van der Waals surface area contributed by atoms with Gasteiger partial charge in [-0.3, -0.25) is 9.78 Å². The van der Waals surface area contributed by atoms with Crippen molar-refractivity contribution in [1.82, 2.24) is 14.8 Å². The van der Waals surface area contributed by atoms with E-state index in [0.29, 0.717) is 12.2 Å². The maximum Gasteiger partial charge on any atom is 0.255 e. The molecule has 138 valence electrons. The zero-order valence-electron chi connectivity index (χ0n) is 15.4. The molecule has 1 aromatic carbocycles. The predicted molar refractivity (Wildman–Crippen MR) is 103 cm³/mol. The monoisotopic (exact) mass is 354 g/mol. The highest BCUT2D eigenvalue weighted by Gasteiger charge is 2.21. The van der Waals surface area contributed by atoms with Gasteiger partial charge in [0.15, 0.2) is 0 Å². The van der Waals surface area contributed by atoms with Gasteiger partial charge in [0.1, 0.15) is 5.75 Å². The minimum Gasteiger partial charge on any atom is -0.492 e. The number of nitrogens with zero attached hydrogens (tertiary/aromatic N) is 3. The summed E-state index contributed by atoms with van der Waals surface area (Å²) in [7, 11) is 0. The van der Waals surface area contributed by atoms with E-state index in [0.717, 1.165) is 49.8 Å². The van der Waals surface area contributed by atoms with Gasteiger partial charge in [0, 0.05) is 32.4 Å². The second-order valence-corrected chi connectivity index (χ2v) is 6.24. The molecule has 1 N–H and O–H groups in total. The molecule has 1 aliphatic heterocycles. The van der Waals surface area contributed by atoms with Crippen molar-refractivity contribution in [3.05, 3.63) is 48.3 Å². The number of aromatic nitrogens is 1. The first kappa shape index (κ1) is 18.2. The van der Waals surface area contributed by atoms with Crippen LogP contribution >= 0.6 is 0 Å². The average Bonchev–Trinajstić information content (AvgIpc) is 2.69. The molecule has 0 radical (unpaired) electrons. The lowest BCUT2D eigenvalue weighted by Crippen LogP contribution is -2.48. The van der Waals surface area contributed by atoms with Gasteiger partial charge in [-0.15, -0.1) is 0 Å². The molecular weight excluding hydrogens is 328 g/mol. The van der Waals surface area contributed by atoms with E-state index in [9.17, 15) is 4.79 Å². The van der Waals surface area contributed by atoms with E-state index in [-0.39, 0.29) is 5.91 Å². The molecule has 0 unspecified atom stereocenters. The third-order valence-corrected chi connectivity index (χ3v) is 4.56. The number of carbonyl (C=O) groups is 1. The van der Waals surface area contributed by atoms with Crippen LogP contribution in [-0.4, -0.2) is 60.0 Å². The number of ether oxygens (including phenoxy) is 1. The number of nitrogens with one attached hydrogen (secondary N) is 1. The van der Waals surface area contributed by atoms with Gasteiger partial charge in [0.05, 0.1) is 29.7 Å². The lowest BCUT2D eigenvalue weighted by Gasteiger charge is -2.34. The molecule has 1 fully saturated rings. The Labute approximate surface area is 154 Å². The van der Waals surface area contributed by atoms with Crippen molar-refractivity contribution in [3.8, 4) is 5.75 Å². The molecule has 0 saturated carbocycles. The summed E-state index contributed by atoms with van der Waals surface area (Å²) in [5.74, 6) is 0.817. The van der Waals surface area contributed by atoms with Gasteiger partial charge in [-0.25, -0.2) is 0 Å². The van der Waals surface area contributed by atoms with Crippen LogP contribution in [0.15, 0.2) is 42.7 Å². The molecule has 6 heteroatoms. The van der Waals surface area contributed by atoms with Crippen LogP contribution in [-0.2, 0) is 0 Å². The molecule has 1 amide bonds. The number of anilines is 2. The molecule has 3 rings (SSSR count). The van der Waals surface area contributed by atoms with Crippen LogP contribution in [0.4, 0.5) is 11.4 Å². The quantitative estimate of drug-likeness (QED) is 0.864. The van der Waals surface area contributed by atoms with Gasteiger partial charge in [0.25, 0.3) is 5.91 Å².